The minimum absolute atomic E-state index is 0.0993. The Balaban J connectivity index is 2.29. The summed E-state index contributed by atoms with van der Waals surface area (Å²) in [6, 6.07) is 3.04. The number of halogens is 1. The van der Waals surface area contributed by atoms with E-state index in [-0.39, 0.29) is 11.4 Å². The largest absolute Gasteiger partial charge is 0.489 e. The SMILES string of the molecule is COc1c([N+](=O)[O-])ccc2c(Cl)c(C3CC3)cnc12. The Morgan fingerprint density at radius 2 is 2.21 bits per heavy atom. The zero-order chi connectivity index (χ0) is 13.6. The molecule has 0 N–H and O–H groups in total. The number of aromatic nitrogens is 1. The van der Waals surface area contributed by atoms with E-state index in [0.29, 0.717) is 21.8 Å². The van der Waals surface area contributed by atoms with Gasteiger partial charge in [-0.05, 0) is 30.4 Å². The molecule has 1 fully saturated rings. The Labute approximate surface area is 114 Å². The number of hydrogen-bond donors (Lipinski definition) is 0. The fraction of sp³-hybridized carbons (Fsp3) is 0.308. The van der Waals surface area contributed by atoms with Gasteiger partial charge < -0.3 is 4.74 Å². The molecule has 3 rings (SSSR count). The highest BCUT2D eigenvalue weighted by Gasteiger charge is 2.28. The van der Waals surface area contributed by atoms with Crippen molar-refractivity contribution in [1.29, 1.82) is 0 Å². The average Bonchev–Trinajstić information content (AvgIpc) is 3.22. The molecular formula is C13H11ClN2O3. The van der Waals surface area contributed by atoms with Crippen LogP contribution < -0.4 is 4.74 Å². The molecule has 98 valence electrons. The first-order valence-corrected chi connectivity index (χ1v) is 6.30. The summed E-state index contributed by atoms with van der Waals surface area (Å²) in [5.41, 5.74) is 1.36. The summed E-state index contributed by atoms with van der Waals surface area (Å²) < 4.78 is 5.13. The lowest BCUT2D eigenvalue weighted by Crippen LogP contribution is -1.97. The summed E-state index contributed by atoms with van der Waals surface area (Å²) >= 11 is 6.37. The highest BCUT2D eigenvalue weighted by molar-refractivity contribution is 6.36. The van der Waals surface area contributed by atoms with Gasteiger partial charge in [-0.2, -0.15) is 0 Å². The number of fused-ring (bicyclic) bond motifs is 1. The topological polar surface area (TPSA) is 65.3 Å². The van der Waals surface area contributed by atoms with Crippen LogP contribution >= 0.6 is 11.6 Å². The maximum Gasteiger partial charge on any atom is 0.313 e. The molecule has 0 bridgehead atoms. The van der Waals surface area contributed by atoms with Crippen molar-refractivity contribution in [3.8, 4) is 5.75 Å². The second-order valence-corrected chi connectivity index (χ2v) is 4.95. The van der Waals surface area contributed by atoms with Gasteiger partial charge in [0, 0.05) is 17.6 Å². The lowest BCUT2D eigenvalue weighted by molar-refractivity contribution is -0.385. The molecule has 6 heteroatoms. The Bertz CT molecular complexity index is 683. The average molecular weight is 279 g/mol. The van der Waals surface area contributed by atoms with Crippen molar-refractivity contribution in [2.45, 2.75) is 18.8 Å². The highest BCUT2D eigenvalue weighted by Crippen LogP contribution is 2.46. The number of methoxy groups -OCH3 is 1. The van der Waals surface area contributed by atoms with Crippen LogP contribution in [0.15, 0.2) is 18.3 Å². The van der Waals surface area contributed by atoms with E-state index in [1.807, 2.05) is 0 Å². The predicted molar refractivity (Wildman–Crippen MR) is 71.9 cm³/mol. The number of nitrogens with zero attached hydrogens (tertiary/aromatic N) is 2. The van der Waals surface area contributed by atoms with Crippen molar-refractivity contribution in [1.82, 2.24) is 4.98 Å². The zero-order valence-corrected chi connectivity index (χ0v) is 11.0. The van der Waals surface area contributed by atoms with Crippen LogP contribution in [-0.2, 0) is 0 Å². The third-order valence-electron chi connectivity index (χ3n) is 3.35. The van der Waals surface area contributed by atoms with E-state index in [0.717, 1.165) is 18.4 Å². The molecule has 1 heterocycles. The van der Waals surface area contributed by atoms with Crippen LogP contribution in [0.2, 0.25) is 5.02 Å². The predicted octanol–water partition coefficient (Wildman–Crippen LogP) is 3.68. The number of ether oxygens (including phenoxy) is 1. The van der Waals surface area contributed by atoms with Crippen LogP contribution in [0.25, 0.3) is 10.9 Å². The third kappa shape index (κ3) is 1.90. The first-order valence-electron chi connectivity index (χ1n) is 5.93. The van der Waals surface area contributed by atoms with Crippen LogP contribution in [0.3, 0.4) is 0 Å². The zero-order valence-electron chi connectivity index (χ0n) is 10.2. The molecule has 0 amide bonds. The standard InChI is InChI=1S/C13H11ClN2O3/c1-19-13-10(16(17)18)5-4-8-11(14)9(7-2-3-7)6-15-12(8)13/h4-7H,2-3H2,1H3. The molecule has 1 aromatic carbocycles. The summed E-state index contributed by atoms with van der Waals surface area (Å²) in [5, 5.41) is 12.3. The van der Waals surface area contributed by atoms with Crippen LogP contribution in [-0.4, -0.2) is 17.0 Å². The molecule has 1 saturated carbocycles. The van der Waals surface area contributed by atoms with Gasteiger partial charge in [0.1, 0.15) is 5.52 Å². The van der Waals surface area contributed by atoms with E-state index in [1.54, 1.807) is 12.3 Å². The first-order chi connectivity index (χ1) is 9.13. The normalized spacial score (nSPS) is 14.6. The van der Waals surface area contributed by atoms with Crippen molar-refractivity contribution in [2.75, 3.05) is 7.11 Å². The Kier molecular flexibility index (Phi) is 2.78. The lowest BCUT2D eigenvalue weighted by atomic mass is 10.1. The number of pyridine rings is 1. The maximum atomic E-state index is 11.0. The minimum atomic E-state index is -0.483. The van der Waals surface area contributed by atoms with Gasteiger partial charge in [0.25, 0.3) is 0 Å². The van der Waals surface area contributed by atoms with E-state index in [4.69, 9.17) is 16.3 Å². The van der Waals surface area contributed by atoms with Gasteiger partial charge in [0.2, 0.25) is 5.75 Å². The van der Waals surface area contributed by atoms with Crippen LogP contribution in [0.4, 0.5) is 5.69 Å². The monoisotopic (exact) mass is 278 g/mol. The molecule has 0 saturated heterocycles. The fourth-order valence-corrected chi connectivity index (χ4v) is 2.59. The van der Waals surface area contributed by atoms with Crippen molar-refractivity contribution < 1.29 is 9.66 Å². The van der Waals surface area contributed by atoms with Crippen LogP contribution in [0.5, 0.6) is 5.75 Å². The molecule has 0 aliphatic heterocycles. The Morgan fingerprint density at radius 1 is 1.47 bits per heavy atom. The molecule has 1 aliphatic rings. The molecule has 0 unspecified atom stereocenters. The summed E-state index contributed by atoms with van der Waals surface area (Å²) in [4.78, 5) is 14.8. The summed E-state index contributed by atoms with van der Waals surface area (Å²) in [5.74, 6) is 0.636. The number of rotatable bonds is 3. The second kappa shape index (κ2) is 4.35. The third-order valence-corrected chi connectivity index (χ3v) is 3.77. The van der Waals surface area contributed by atoms with Crippen molar-refractivity contribution in [3.63, 3.8) is 0 Å². The number of nitro benzene ring substituents is 1. The van der Waals surface area contributed by atoms with Gasteiger partial charge in [-0.3, -0.25) is 15.1 Å². The molecule has 2 aromatic rings. The van der Waals surface area contributed by atoms with E-state index in [1.165, 1.54) is 13.2 Å². The summed E-state index contributed by atoms with van der Waals surface area (Å²) in [6.45, 7) is 0. The fourth-order valence-electron chi connectivity index (χ4n) is 2.24. The quantitative estimate of drug-likeness (QED) is 0.634. The highest BCUT2D eigenvalue weighted by atomic mass is 35.5. The molecule has 19 heavy (non-hydrogen) atoms. The Hall–Kier alpha value is -1.88. The van der Waals surface area contributed by atoms with Crippen molar-refractivity contribution in [3.05, 3.63) is 39.0 Å². The smallest absolute Gasteiger partial charge is 0.313 e. The number of benzene rings is 1. The summed E-state index contributed by atoms with van der Waals surface area (Å²) in [6.07, 6.45) is 3.95. The lowest BCUT2D eigenvalue weighted by Gasteiger charge is -2.09. The molecule has 1 aliphatic carbocycles. The molecule has 0 radical (unpaired) electrons. The summed E-state index contributed by atoms with van der Waals surface area (Å²) in [7, 11) is 1.39. The van der Waals surface area contributed by atoms with Gasteiger partial charge in [0.15, 0.2) is 0 Å². The second-order valence-electron chi connectivity index (χ2n) is 4.57. The van der Waals surface area contributed by atoms with Gasteiger partial charge in [0.05, 0.1) is 17.1 Å². The number of nitro groups is 1. The molecular weight excluding hydrogens is 268 g/mol. The van der Waals surface area contributed by atoms with Crippen LogP contribution in [0, 0.1) is 10.1 Å². The van der Waals surface area contributed by atoms with Gasteiger partial charge >= 0.3 is 5.69 Å². The Morgan fingerprint density at radius 3 is 2.79 bits per heavy atom. The van der Waals surface area contributed by atoms with E-state index >= 15 is 0 Å². The first kappa shape index (κ1) is 12.2. The van der Waals surface area contributed by atoms with Crippen molar-refractivity contribution >= 4 is 28.2 Å². The van der Waals surface area contributed by atoms with E-state index in [2.05, 4.69) is 4.98 Å². The number of hydrogen-bond acceptors (Lipinski definition) is 4. The van der Waals surface area contributed by atoms with Gasteiger partial charge in [-0.1, -0.05) is 11.6 Å². The van der Waals surface area contributed by atoms with E-state index < -0.39 is 4.92 Å². The van der Waals surface area contributed by atoms with Gasteiger partial charge in [-0.25, -0.2) is 0 Å². The maximum absolute atomic E-state index is 11.0. The van der Waals surface area contributed by atoms with Crippen LogP contribution in [0.1, 0.15) is 24.3 Å². The molecule has 5 nitrogen and oxygen atoms in total. The minimum Gasteiger partial charge on any atom is -0.489 e. The van der Waals surface area contributed by atoms with E-state index in [9.17, 15) is 10.1 Å². The van der Waals surface area contributed by atoms with Gasteiger partial charge in [-0.15, -0.1) is 0 Å². The molecule has 0 atom stereocenters. The molecule has 1 aromatic heterocycles. The van der Waals surface area contributed by atoms with Crippen molar-refractivity contribution in [2.24, 2.45) is 0 Å². The molecule has 0 spiro atoms.